The van der Waals surface area contributed by atoms with Crippen LogP contribution in [0.3, 0.4) is 0 Å². The minimum absolute atomic E-state index is 0.183. The van der Waals surface area contributed by atoms with E-state index in [1.807, 2.05) is 6.07 Å². The molecule has 148 valence electrons. The number of carbonyl (C=O) groups excluding carboxylic acids is 3. The predicted molar refractivity (Wildman–Crippen MR) is 108 cm³/mol. The first-order valence-electron chi connectivity index (χ1n) is 9.35. The third-order valence-corrected chi connectivity index (χ3v) is 5.68. The second-order valence-corrected chi connectivity index (χ2v) is 7.58. The highest BCUT2D eigenvalue weighted by atomic mass is 19.1. The molecule has 2 aliphatic rings. The van der Waals surface area contributed by atoms with Crippen molar-refractivity contribution in [3.8, 4) is 0 Å². The first-order chi connectivity index (χ1) is 13.8. The van der Waals surface area contributed by atoms with E-state index in [1.54, 1.807) is 26.0 Å². The Balaban J connectivity index is 1.59. The lowest BCUT2D eigenvalue weighted by molar-refractivity contribution is -0.138. The summed E-state index contributed by atoms with van der Waals surface area (Å²) in [6.45, 7) is 0.433. The number of imide groups is 1. The summed E-state index contributed by atoms with van der Waals surface area (Å²) in [7, 11) is 1.67. The zero-order chi connectivity index (χ0) is 20.8. The number of benzene rings is 2. The summed E-state index contributed by atoms with van der Waals surface area (Å²) >= 11 is 0. The number of anilines is 2. The Hall–Kier alpha value is -3.36. The Labute approximate surface area is 167 Å². The smallest absolute Gasteiger partial charge is 0.254 e. The number of amides is 3. The third kappa shape index (κ3) is 3.22. The fourth-order valence-corrected chi connectivity index (χ4v) is 3.87. The Morgan fingerprint density at radius 3 is 2.79 bits per heavy atom. The van der Waals surface area contributed by atoms with Gasteiger partial charge in [-0.1, -0.05) is 6.07 Å². The standard InChI is InChI=1S/C20H20BFN4O3/c21-20(7-6-17(27)25-19(20)29)26-10-14-13(18(26)28)2-1-3-16(14)24-9-11-8-12(23)4-5-15(11)22/h1-5,8,24H,6-7,9-10,21,23H2,(H,25,27,29). The van der Waals surface area contributed by atoms with E-state index >= 15 is 0 Å². The van der Waals surface area contributed by atoms with E-state index < -0.39 is 11.3 Å². The van der Waals surface area contributed by atoms with Crippen LogP contribution in [0.15, 0.2) is 36.4 Å². The van der Waals surface area contributed by atoms with Crippen LogP contribution in [0.2, 0.25) is 0 Å². The van der Waals surface area contributed by atoms with Gasteiger partial charge in [0.05, 0.1) is 5.44 Å². The van der Waals surface area contributed by atoms with Crippen LogP contribution in [0.1, 0.15) is 34.3 Å². The van der Waals surface area contributed by atoms with Gasteiger partial charge in [-0.05, 0) is 36.8 Å². The number of piperidine rings is 1. The molecule has 7 nitrogen and oxygen atoms in total. The molecule has 2 aromatic carbocycles. The number of nitrogens with two attached hydrogens (primary N) is 1. The van der Waals surface area contributed by atoms with Crippen molar-refractivity contribution in [1.82, 2.24) is 10.2 Å². The van der Waals surface area contributed by atoms with Crippen molar-refractivity contribution in [2.75, 3.05) is 11.1 Å². The lowest BCUT2D eigenvalue weighted by Crippen LogP contribution is -2.63. The summed E-state index contributed by atoms with van der Waals surface area (Å²) in [5.41, 5.74) is 7.45. The van der Waals surface area contributed by atoms with Gasteiger partial charge in [0.1, 0.15) is 13.7 Å². The maximum Gasteiger partial charge on any atom is 0.254 e. The van der Waals surface area contributed by atoms with Gasteiger partial charge in [-0.15, -0.1) is 0 Å². The highest BCUT2D eigenvalue weighted by Gasteiger charge is 2.48. The molecule has 1 saturated heterocycles. The molecule has 0 bridgehead atoms. The first-order valence-corrected chi connectivity index (χ1v) is 9.35. The summed E-state index contributed by atoms with van der Waals surface area (Å²) in [6, 6.07) is 9.64. The minimum atomic E-state index is -1.10. The van der Waals surface area contributed by atoms with Gasteiger partial charge in [0, 0.05) is 47.6 Å². The molecule has 9 heteroatoms. The molecule has 2 heterocycles. The van der Waals surface area contributed by atoms with Gasteiger partial charge in [-0.25, -0.2) is 4.39 Å². The number of rotatable bonds is 4. The predicted octanol–water partition coefficient (Wildman–Crippen LogP) is 0.742. The molecule has 0 radical (unpaired) electrons. The van der Waals surface area contributed by atoms with Gasteiger partial charge in [0.2, 0.25) is 11.8 Å². The number of nitrogen functional groups attached to an aromatic ring is 1. The molecule has 0 aliphatic carbocycles. The first kappa shape index (κ1) is 19.0. The van der Waals surface area contributed by atoms with E-state index in [0.29, 0.717) is 22.5 Å². The molecule has 0 spiro atoms. The number of nitrogens with zero attached hydrogens (tertiary/aromatic N) is 1. The lowest BCUT2D eigenvalue weighted by atomic mass is 9.70. The van der Waals surface area contributed by atoms with Gasteiger partial charge in [0.25, 0.3) is 5.91 Å². The van der Waals surface area contributed by atoms with Crippen molar-refractivity contribution in [2.24, 2.45) is 0 Å². The second kappa shape index (κ2) is 6.91. The van der Waals surface area contributed by atoms with Crippen molar-refractivity contribution in [2.45, 2.75) is 31.4 Å². The number of carbonyl (C=O) groups is 3. The Morgan fingerprint density at radius 1 is 1.24 bits per heavy atom. The van der Waals surface area contributed by atoms with E-state index in [0.717, 1.165) is 5.56 Å². The molecule has 0 saturated carbocycles. The van der Waals surface area contributed by atoms with E-state index in [9.17, 15) is 18.8 Å². The van der Waals surface area contributed by atoms with Crippen molar-refractivity contribution in [3.05, 3.63) is 58.9 Å². The third-order valence-electron chi connectivity index (χ3n) is 5.68. The second-order valence-electron chi connectivity index (χ2n) is 7.58. The van der Waals surface area contributed by atoms with E-state index in [4.69, 9.17) is 5.73 Å². The van der Waals surface area contributed by atoms with E-state index in [1.165, 1.54) is 17.0 Å². The van der Waals surface area contributed by atoms with Crippen molar-refractivity contribution < 1.29 is 18.8 Å². The molecule has 4 rings (SSSR count). The number of fused-ring (bicyclic) bond motifs is 1. The Morgan fingerprint density at radius 2 is 2.03 bits per heavy atom. The SMILES string of the molecule is BC1(N2Cc3c(NCc4cc(N)ccc4F)cccc3C2=O)CCC(=O)NC1=O. The summed E-state index contributed by atoms with van der Waals surface area (Å²) in [6.07, 6.45) is 0.455. The average Bonchev–Trinajstić information content (AvgIpc) is 3.04. The lowest BCUT2D eigenvalue weighted by Gasteiger charge is -2.40. The van der Waals surface area contributed by atoms with Crippen LogP contribution in [0.4, 0.5) is 15.8 Å². The molecular weight excluding hydrogens is 374 g/mol. The number of halogens is 1. The highest BCUT2D eigenvalue weighted by Crippen LogP contribution is 2.36. The largest absolute Gasteiger partial charge is 0.399 e. The zero-order valence-electron chi connectivity index (χ0n) is 15.9. The quantitative estimate of drug-likeness (QED) is 0.403. The molecule has 2 aromatic rings. The average molecular weight is 394 g/mol. The maximum absolute atomic E-state index is 14.0. The van der Waals surface area contributed by atoms with E-state index in [-0.39, 0.29) is 43.6 Å². The maximum atomic E-state index is 14.0. The summed E-state index contributed by atoms with van der Waals surface area (Å²) in [5, 5.41) is 5.50. The van der Waals surface area contributed by atoms with Crippen LogP contribution in [-0.2, 0) is 22.7 Å². The number of hydrogen-bond donors (Lipinski definition) is 3. The van der Waals surface area contributed by atoms with Crippen molar-refractivity contribution in [1.29, 1.82) is 0 Å². The minimum Gasteiger partial charge on any atom is -0.399 e. The summed E-state index contributed by atoms with van der Waals surface area (Å²) < 4.78 is 14.0. The van der Waals surface area contributed by atoms with Crippen LogP contribution in [-0.4, -0.2) is 35.9 Å². The summed E-state index contributed by atoms with van der Waals surface area (Å²) in [5.74, 6) is -1.42. The fraction of sp³-hybridized carbons (Fsp3) is 0.250. The molecule has 2 aliphatic heterocycles. The monoisotopic (exact) mass is 394 g/mol. The molecule has 1 atom stereocenters. The number of hydrogen-bond acceptors (Lipinski definition) is 5. The topological polar surface area (TPSA) is 105 Å². The van der Waals surface area contributed by atoms with Crippen LogP contribution in [0.25, 0.3) is 0 Å². The van der Waals surface area contributed by atoms with Crippen LogP contribution in [0, 0.1) is 5.82 Å². The van der Waals surface area contributed by atoms with Crippen LogP contribution in [0.5, 0.6) is 0 Å². The highest BCUT2D eigenvalue weighted by molar-refractivity contribution is 6.32. The zero-order valence-corrected chi connectivity index (χ0v) is 15.9. The molecule has 0 aromatic heterocycles. The molecule has 1 fully saturated rings. The van der Waals surface area contributed by atoms with Gasteiger partial charge >= 0.3 is 0 Å². The molecule has 3 amide bonds. The van der Waals surface area contributed by atoms with Gasteiger partial charge < -0.3 is 16.0 Å². The molecule has 4 N–H and O–H groups in total. The van der Waals surface area contributed by atoms with Crippen molar-refractivity contribution >= 4 is 36.9 Å². The van der Waals surface area contributed by atoms with E-state index in [2.05, 4.69) is 10.6 Å². The van der Waals surface area contributed by atoms with Crippen LogP contribution >= 0.6 is 0 Å². The van der Waals surface area contributed by atoms with Crippen LogP contribution < -0.4 is 16.4 Å². The van der Waals surface area contributed by atoms with Crippen molar-refractivity contribution in [3.63, 3.8) is 0 Å². The number of nitrogens with one attached hydrogen (secondary N) is 2. The van der Waals surface area contributed by atoms with Gasteiger partial charge in [-0.3, -0.25) is 19.7 Å². The van der Waals surface area contributed by atoms with Gasteiger partial charge in [-0.2, -0.15) is 0 Å². The normalized spacial score (nSPS) is 21.1. The Bertz CT molecular complexity index is 1040. The molecule has 29 heavy (non-hydrogen) atoms. The Kier molecular flexibility index (Phi) is 4.53. The summed E-state index contributed by atoms with van der Waals surface area (Å²) in [4.78, 5) is 38.5. The van der Waals surface area contributed by atoms with Gasteiger partial charge in [0.15, 0.2) is 0 Å². The fourth-order valence-electron chi connectivity index (χ4n) is 3.87. The molecular formula is C20H20BFN4O3. The molecule has 1 unspecified atom stereocenters.